The normalized spacial score (nSPS) is 15.5. The number of rotatable bonds is 5. The van der Waals surface area contributed by atoms with E-state index in [-0.39, 0.29) is 0 Å². The molecule has 0 saturated heterocycles. The van der Waals surface area contributed by atoms with Crippen molar-refractivity contribution < 1.29 is 23.8 Å². The number of fused-ring (bicyclic) bond motifs is 1. The minimum atomic E-state index is -0.534. The van der Waals surface area contributed by atoms with Crippen LogP contribution in [0.4, 0.5) is 0 Å². The molecule has 5 nitrogen and oxygen atoms in total. The number of esters is 2. The van der Waals surface area contributed by atoms with Crippen LogP contribution in [0.1, 0.15) is 44.2 Å². The highest BCUT2D eigenvalue weighted by atomic mass is 32.2. The molecule has 25 heavy (non-hydrogen) atoms. The van der Waals surface area contributed by atoms with Crippen molar-refractivity contribution in [1.82, 2.24) is 0 Å². The lowest BCUT2D eigenvalue weighted by Crippen LogP contribution is -2.10. The second-order valence-corrected chi connectivity index (χ2v) is 6.55. The van der Waals surface area contributed by atoms with E-state index in [0.29, 0.717) is 34.4 Å². The van der Waals surface area contributed by atoms with E-state index < -0.39 is 17.4 Å². The molecule has 0 fully saturated rings. The van der Waals surface area contributed by atoms with E-state index >= 15 is 0 Å². The Kier molecular flexibility index (Phi) is 4.99. The predicted molar refractivity (Wildman–Crippen MR) is 94.2 cm³/mol. The summed E-state index contributed by atoms with van der Waals surface area (Å²) in [4.78, 5) is 25.6. The van der Waals surface area contributed by atoms with E-state index in [0.717, 1.165) is 4.90 Å². The lowest BCUT2D eigenvalue weighted by atomic mass is 9.96. The molecule has 2 aromatic rings. The largest absolute Gasteiger partial charge is 0.496 e. The quantitative estimate of drug-likeness (QED) is 0.753. The van der Waals surface area contributed by atoms with Crippen molar-refractivity contribution in [3.63, 3.8) is 0 Å². The second kappa shape index (κ2) is 7.19. The third-order valence-corrected chi connectivity index (χ3v) is 5.14. The summed E-state index contributed by atoms with van der Waals surface area (Å²) >= 11 is 1.41. The molecule has 0 aliphatic carbocycles. The van der Waals surface area contributed by atoms with Gasteiger partial charge in [-0.25, -0.2) is 9.59 Å². The van der Waals surface area contributed by atoms with Crippen LogP contribution in [0.25, 0.3) is 0 Å². The van der Waals surface area contributed by atoms with Gasteiger partial charge in [0.2, 0.25) is 0 Å². The van der Waals surface area contributed by atoms with Gasteiger partial charge in [-0.2, -0.15) is 0 Å². The van der Waals surface area contributed by atoms with Gasteiger partial charge < -0.3 is 14.2 Å². The molecule has 1 aliphatic heterocycles. The maximum absolute atomic E-state index is 12.4. The summed E-state index contributed by atoms with van der Waals surface area (Å²) < 4.78 is 15.9. The number of carbonyl (C=O) groups excluding carboxylic acids is 2. The standard InChI is InChI=1S/C19H18O5S/c1-4-12-13(17(20)23-3)10-14-15(16(12)22-2)18(21)24-19(14)25-11-8-6-5-7-9-11/h5-10,19H,4H2,1-3H3. The van der Waals surface area contributed by atoms with Crippen LogP contribution in [-0.4, -0.2) is 26.2 Å². The summed E-state index contributed by atoms with van der Waals surface area (Å²) in [6.07, 6.45) is 0.532. The van der Waals surface area contributed by atoms with Gasteiger partial charge in [-0.05, 0) is 24.6 Å². The molecule has 0 radical (unpaired) electrons. The third kappa shape index (κ3) is 3.09. The maximum atomic E-state index is 12.4. The number of thioether (sulfide) groups is 1. The Hall–Kier alpha value is -2.47. The van der Waals surface area contributed by atoms with E-state index in [1.54, 1.807) is 6.07 Å². The van der Waals surface area contributed by atoms with Crippen LogP contribution in [0.3, 0.4) is 0 Å². The fourth-order valence-corrected chi connectivity index (χ4v) is 3.92. The van der Waals surface area contributed by atoms with Gasteiger partial charge in [0.25, 0.3) is 0 Å². The number of carbonyl (C=O) groups is 2. The lowest BCUT2D eigenvalue weighted by molar-refractivity contribution is 0.0519. The van der Waals surface area contributed by atoms with Crippen molar-refractivity contribution in [1.29, 1.82) is 0 Å². The molecular weight excluding hydrogens is 340 g/mol. The minimum absolute atomic E-state index is 0.389. The first kappa shape index (κ1) is 17.4. The molecule has 130 valence electrons. The van der Waals surface area contributed by atoms with E-state index in [2.05, 4.69) is 0 Å². The topological polar surface area (TPSA) is 61.8 Å². The number of hydrogen-bond donors (Lipinski definition) is 0. The van der Waals surface area contributed by atoms with Crippen LogP contribution >= 0.6 is 11.8 Å². The van der Waals surface area contributed by atoms with Crippen LogP contribution in [-0.2, 0) is 15.9 Å². The van der Waals surface area contributed by atoms with Crippen molar-refractivity contribution in [3.8, 4) is 5.75 Å². The first-order valence-electron chi connectivity index (χ1n) is 7.85. The number of methoxy groups -OCH3 is 2. The van der Waals surface area contributed by atoms with Crippen LogP contribution < -0.4 is 4.74 Å². The highest BCUT2D eigenvalue weighted by Crippen LogP contribution is 2.47. The SMILES string of the molecule is CCc1c(C(=O)OC)cc2c(c1OC)C(=O)OC2Sc1ccccc1. The molecule has 0 saturated carbocycles. The Morgan fingerprint density at radius 2 is 1.96 bits per heavy atom. The zero-order valence-electron chi connectivity index (χ0n) is 14.2. The Labute approximate surface area is 150 Å². The molecule has 2 aromatic carbocycles. The van der Waals surface area contributed by atoms with Gasteiger partial charge in [-0.15, -0.1) is 0 Å². The summed E-state index contributed by atoms with van der Waals surface area (Å²) in [6, 6.07) is 11.3. The number of hydrogen-bond acceptors (Lipinski definition) is 6. The Morgan fingerprint density at radius 3 is 2.56 bits per heavy atom. The van der Waals surface area contributed by atoms with Crippen LogP contribution in [0.15, 0.2) is 41.3 Å². The van der Waals surface area contributed by atoms with Gasteiger partial charge in [0.05, 0.1) is 19.8 Å². The van der Waals surface area contributed by atoms with E-state index in [9.17, 15) is 9.59 Å². The average Bonchev–Trinajstić information content (AvgIpc) is 2.95. The zero-order valence-corrected chi connectivity index (χ0v) is 15.0. The third-order valence-electron chi connectivity index (χ3n) is 4.04. The monoisotopic (exact) mass is 358 g/mol. The van der Waals surface area contributed by atoms with Gasteiger partial charge in [-0.1, -0.05) is 36.9 Å². The van der Waals surface area contributed by atoms with Gasteiger partial charge in [0.15, 0.2) is 5.44 Å². The number of benzene rings is 2. The fourth-order valence-electron chi connectivity index (χ4n) is 2.91. The molecule has 0 spiro atoms. The van der Waals surface area contributed by atoms with E-state index in [1.165, 1.54) is 26.0 Å². The first-order chi connectivity index (χ1) is 12.1. The predicted octanol–water partition coefficient (Wildman–Crippen LogP) is 4.01. The Morgan fingerprint density at radius 1 is 1.24 bits per heavy atom. The van der Waals surface area contributed by atoms with Crippen molar-refractivity contribution in [2.45, 2.75) is 23.7 Å². The molecule has 1 unspecified atom stereocenters. The van der Waals surface area contributed by atoms with Crippen LogP contribution in [0.5, 0.6) is 5.75 Å². The molecule has 0 aromatic heterocycles. The summed E-state index contributed by atoms with van der Waals surface area (Å²) in [5, 5.41) is 0. The molecule has 0 bridgehead atoms. The van der Waals surface area contributed by atoms with Crippen molar-refractivity contribution in [3.05, 3.63) is 58.7 Å². The maximum Gasteiger partial charge on any atom is 0.343 e. The van der Waals surface area contributed by atoms with Gasteiger partial charge in [0.1, 0.15) is 11.3 Å². The fraction of sp³-hybridized carbons (Fsp3) is 0.263. The summed E-state index contributed by atoms with van der Waals surface area (Å²) in [6.45, 7) is 1.90. The number of cyclic esters (lactones) is 1. The Balaban J connectivity index is 2.12. The van der Waals surface area contributed by atoms with E-state index in [4.69, 9.17) is 14.2 Å². The van der Waals surface area contributed by atoms with Gasteiger partial charge in [-0.3, -0.25) is 0 Å². The second-order valence-electron chi connectivity index (χ2n) is 5.41. The summed E-state index contributed by atoms with van der Waals surface area (Å²) in [5.74, 6) is -0.506. The van der Waals surface area contributed by atoms with Crippen molar-refractivity contribution in [2.24, 2.45) is 0 Å². The molecule has 1 aliphatic rings. The molecule has 1 heterocycles. The lowest BCUT2D eigenvalue weighted by Gasteiger charge is -2.15. The first-order valence-corrected chi connectivity index (χ1v) is 8.73. The van der Waals surface area contributed by atoms with Gasteiger partial charge >= 0.3 is 11.9 Å². The molecule has 1 atom stereocenters. The Bertz CT molecular complexity index is 816. The van der Waals surface area contributed by atoms with Crippen LogP contribution in [0.2, 0.25) is 0 Å². The molecular formula is C19H18O5S. The highest BCUT2D eigenvalue weighted by molar-refractivity contribution is 7.99. The molecule has 3 rings (SSSR count). The molecule has 0 amide bonds. The zero-order chi connectivity index (χ0) is 18.0. The highest BCUT2D eigenvalue weighted by Gasteiger charge is 2.38. The van der Waals surface area contributed by atoms with Crippen molar-refractivity contribution >= 4 is 23.7 Å². The molecule has 0 N–H and O–H groups in total. The smallest absolute Gasteiger partial charge is 0.343 e. The number of ether oxygens (including phenoxy) is 3. The van der Waals surface area contributed by atoms with Crippen LogP contribution in [0, 0.1) is 0 Å². The minimum Gasteiger partial charge on any atom is -0.496 e. The summed E-state index contributed by atoms with van der Waals surface area (Å²) in [7, 11) is 2.82. The molecule has 6 heteroatoms. The van der Waals surface area contributed by atoms with E-state index in [1.807, 2.05) is 37.3 Å². The van der Waals surface area contributed by atoms with Crippen molar-refractivity contribution in [2.75, 3.05) is 14.2 Å². The summed E-state index contributed by atoms with van der Waals surface area (Å²) in [5.41, 5.74) is 1.54. The van der Waals surface area contributed by atoms with Gasteiger partial charge in [0, 0.05) is 16.0 Å². The average molecular weight is 358 g/mol.